The molecule has 5 heteroatoms. The second-order valence-electron chi connectivity index (χ2n) is 7.14. The first-order chi connectivity index (χ1) is 13.0. The number of carbonyl (C=O) groups is 2. The SMILES string of the molecule is CCOC(=O)c1c(NC(=O)[C@H](CC)c2ccccc2)sc2c1CC[C@H](C)C2. The third-order valence-electron chi connectivity index (χ3n) is 5.15. The van der Waals surface area contributed by atoms with E-state index in [1.165, 1.54) is 16.2 Å². The smallest absolute Gasteiger partial charge is 0.341 e. The van der Waals surface area contributed by atoms with Crippen molar-refractivity contribution < 1.29 is 14.3 Å². The van der Waals surface area contributed by atoms with Crippen molar-refractivity contribution in [3.05, 3.63) is 51.9 Å². The van der Waals surface area contributed by atoms with Crippen LogP contribution >= 0.6 is 11.3 Å². The van der Waals surface area contributed by atoms with E-state index in [4.69, 9.17) is 4.74 Å². The third-order valence-corrected chi connectivity index (χ3v) is 6.32. The normalized spacial score (nSPS) is 17.1. The molecule has 0 aliphatic heterocycles. The van der Waals surface area contributed by atoms with Gasteiger partial charge in [0.15, 0.2) is 0 Å². The third kappa shape index (κ3) is 4.24. The number of rotatable bonds is 6. The number of thiophene rings is 1. The van der Waals surface area contributed by atoms with Crippen molar-refractivity contribution in [1.82, 2.24) is 0 Å². The van der Waals surface area contributed by atoms with Gasteiger partial charge in [-0.1, -0.05) is 44.2 Å². The summed E-state index contributed by atoms with van der Waals surface area (Å²) >= 11 is 1.54. The average Bonchev–Trinajstić information content (AvgIpc) is 3.00. The Bertz CT molecular complexity index is 812. The average molecular weight is 386 g/mol. The Hall–Kier alpha value is -2.14. The van der Waals surface area contributed by atoms with Gasteiger partial charge < -0.3 is 10.1 Å². The Morgan fingerprint density at radius 3 is 2.67 bits per heavy atom. The number of hydrogen-bond acceptors (Lipinski definition) is 4. The molecule has 144 valence electrons. The van der Waals surface area contributed by atoms with Crippen LogP contribution in [-0.2, 0) is 22.4 Å². The lowest BCUT2D eigenvalue weighted by Crippen LogP contribution is -2.22. The first kappa shape index (κ1) is 19.6. The molecule has 1 N–H and O–H groups in total. The zero-order valence-electron chi connectivity index (χ0n) is 16.2. The minimum atomic E-state index is -0.326. The molecule has 0 saturated heterocycles. The van der Waals surface area contributed by atoms with Crippen molar-refractivity contribution in [1.29, 1.82) is 0 Å². The Balaban J connectivity index is 1.91. The molecule has 3 rings (SSSR count). The summed E-state index contributed by atoms with van der Waals surface area (Å²) in [6.45, 7) is 6.37. The van der Waals surface area contributed by atoms with Crippen LogP contribution in [0.25, 0.3) is 0 Å². The van der Waals surface area contributed by atoms with Crippen molar-refractivity contribution in [3.63, 3.8) is 0 Å². The van der Waals surface area contributed by atoms with Crippen LogP contribution in [0.15, 0.2) is 30.3 Å². The highest BCUT2D eigenvalue weighted by Crippen LogP contribution is 2.40. The molecule has 1 amide bonds. The quantitative estimate of drug-likeness (QED) is 0.697. The summed E-state index contributed by atoms with van der Waals surface area (Å²) in [5.41, 5.74) is 2.63. The molecular formula is C22H27NO3S. The molecule has 4 nitrogen and oxygen atoms in total. The van der Waals surface area contributed by atoms with Crippen LogP contribution in [0.2, 0.25) is 0 Å². The molecule has 0 bridgehead atoms. The summed E-state index contributed by atoms with van der Waals surface area (Å²) in [4.78, 5) is 26.8. The van der Waals surface area contributed by atoms with E-state index in [0.717, 1.165) is 30.4 Å². The fourth-order valence-corrected chi connectivity index (χ4v) is 5.12. The highest BCUT2D eigenvalue weighted by atomic mass is 32.1. The topological polar surface area (TPSA) is 55.4 Å². The molecule has 1 heterocycles. The Kier molecular flexibility index (Phi) is 6.32. The van der Waals surface area contributed by atoms with E-state index >= 15 is 0 Å². The fourth-order valence-electron chi connectivity index (χ4n) is 3.71. The van der Waals surface area contributed by atoms with Gasteiger partial charge in [-0.15, -0.1) is 11.3 Å². The zero-order valence-corrected chi connectivity index (χ0v) is 17.0. The Labute approximate surface area is 164 Å². The van der Waals surface area contributed by atoms with Crippen LogP contribution in [0.3, 0.4) is 0 Å². The maximum Gasteiger partial charge on any atom is 0.341 e. The molecule has 1 aromatic heterocycles. The number of ether oxygens (including phenoxy) is 1. The summed E-state index contributed by atoms with van der Waals surface area (Å²) in [5.74, 6) is -0.0322. The summed E-state index contributed by atoms with van der Waals surface area (Å²) in [6.07, 6.45) is 3.59. The van der Waals surface area contributed by atoms with Gasteiger partial charge in [0.25, 0.3) is 0 Å². The van der Waals surface area contributed by atoms with E-state index in [1.807, 2.05) is 37.3 Å². The lowest BCUT2D eigenvalue weighted by Gasteiger charge is -2.18. The van der Waals surface area contributed by atoms with E-state index in [0.29, 0.717) is 29.5 Å². The molecule has 0 spiro atoms. The molecule has 2 atom stereocenters. The summed E-state index contributed by atoms with van der Waals surface area (Å²) in [6, 6.07) is 9.78. The monoisotopic (exact) mass is 385 g/mol. The highest BCUT2D eigenvalue weighted by Gasteiger charge is 2.30. The van der Waals surface area contributed by atoms with E-state index in [-0.39, 0.29) is 17.8 Å². The molecule has 1 aromatic carbocycles. The van der Waals surface area contributed by atoms with Gasteiger partial charge in [0, 0.05) is 4.88 Å². The number of hydrogen-bond donors (Lipinski definition) is 1. The number of esters is 1. The van der Waals surface area contributed by atoms with Crippen LogP contribution in [-0.4, -0.2) is 18.5 Å². The molecule has 1 aliphatic carbocycles. The van der Waals surface area contributed by atoms with Gasteiger partial charge in [0.1, 0.15) is 5.00 Å². The van der Waals surface area contributed by atoms with Gasteiger partial charge in [0.2, 0.25) is 5.91 Å². The van der Waals surface area contributed by atoms with Gasteiger partial charge in [-0.25, -0.2) is 4.79 Å². The highest BCUT2D eigenvalue weighted by molar-refractivity contribution is 7.17. The second kappa shape index (κ2) is 8.70. The Morgan fingerprint density at radius 2 is 2.00 bits per heavy atom. The standard InChI is InChI=1S/C22H27NO3S/c1-4-16(15-9-7-6-8-10-15)20(24)23-21-19(22(25)26-5-2)17-12-11-14(3)13-18(17)27-21/h6-10,14,16H,4-5,11-13H2,1-3H3,(H,23,24)/t14-,16+/m0/s1. The maximum absolute atomic E-state index is 13.0. The first-order valence-electron chi connectivity index (χ1n) is 9.72. The number of carbonyl (C=O) groups excluding carboxylic acids is 2. The minimum absolute atomic E-state index is 0.0686. The molecule has 1 aliphatic rings. The van der Waals surface area contributed by atoms with Crippen molar-refractivity contribution in [2.24, 2.45) is 5.92 Å². The van der Waals surface area contributed by atoms with E-state index < -0.39 is 0 Å². The van der Waals surface area contributed by atoms with Crippen LogP contribution in [0.4, 0.5) is 5.00 Å². The van der Waals surface area contributed by atoms with Crippen LogP contribution in [0.1, 0.15) is 65.9 Å². The number of fused-ring (bicyclic) bond motifs is 1. The van der Waals surface area contributed by atoms with Gasteiger partial charge in [-0.3, -0.25) is 4.79 Å². The molecular weight excluding hydrogens is 358 g/mol. The molecule has 0 radical (unpaired) electrons. The fraction of sp³-hybridized carbons (Fsp3) is 0.455. The van der Waals surface area contributed by atoms with Gasteiger partial charge in [-0.05, 0) is 49.7 Å². The van der Waals surface area contributed by atoms with E-state index in [1.54, 1.807) is 6.92 Å². The predicted octanol–water partition coefficient (Wildman–Crippen LogP) is 5.18. The number of nitrogens with one attached hydrogen (secondary N) is 1. The van der Waals surface area contributed by atoms with Gasteiger partial charge >= 0.3 is 5.97 Å². The number of amides is 1. The lowest BCUT2D eigenvalue weighted by atomic mass is 9.88. The van der Waals surface area contributed by atoms with Crippen LogP contribution in [0, 0.1) is 5.92 Å². The summed E-state index contributed by atoms with van der Waals surface area (Å²) in [7, 11) is 0. The molecule has 0 saturated carbocycles. The van der Waals surface area contributed by atoms with Crippen LogP contribution < -0.4 is 5.32 Å². The predicted molar refractivity (Wildman–Crippen MR) is 110 cm³/mol. The maximum atomic E-state index is 13.0. The van der Waals surface area contributed by atoms with Gasteiger partial charge in [0.05, 0.1) is 18.1 Å². The summed E-state index contributed by atoms with van der Waals surface area (Å²) in [5, 5.41) is 3.70. The number of anilines is 1. The first-order valence-corrected chi connectivity index (χ1v) is 10.5. The van der Waals surface area contributed by atoms with Crippen molar-refractivity contribution in [3.8, 4) is 0 Å². The lowest BCUT2D eigenvalue weighted by molar-refractivity contribution is -0.117. The van der Waals surface area contributed by atoms with Crippen molar-refractivity contribution >= 4 is 28.2 Å². The molecule has 0 unspecified atom stereocenters. The van der Waals surface area contributed by atoms with E-state index in [9.17, 15) is 9.59 Å². The van der Waals surface area contributed by atoms with Crippen LogP contribution in [0.5, 0.6) is 0 Å². The number of benzene rings is 1. The molecule has 27 heavy (non-hydrogen) atoms. The van der Waals surface area contributed by atoms with Crippen molar-refractivity contribution in [2.45, 2.75) is 52.4 Å². The van der Waals surface area contributed by atoms with E-state index in [2.05, 4.69) is 12.2 Å². The largest absolute Gasteiger partial charge is 0.462 e. The van der Waals surface area contributed by atoms with Crippen molar-refractivity contribution in [2.75, 3.05) is 11.9 Å². The zero-order chi connectivity index (χ0) is 19.4. The Morgan fingerprint density at radius 1 is 1.26 bits per heavy atom. The molecule has 0 fully saturated rings. The minimum Gasteiger partial charge on any atom is -0.462 e. The molecule has 2 aromatic rings. The second-order valence-corrected chi connectivity index (χ2v) is 8.24. The summed E-state index contributed by atoms with van der Waals surface area (Å²) < 4.78 is 5.29. The van der Waals surface area contributed by atoms with Gasteiger partial charge in [-0.2, -0.15) is 0 Å².